The summed E-state index contributed by atoms with van der Waals surface area (Å²) >= 11 is 0. The first-order valence-electron chi connectivity index (χ1n) is 10.8. The van der Waals surface area contributed by atoms with Crippen molar-refractivity contribution in [2.75, 3.05) is 31.3 Å². The number of hydrogen-bond donors (Lipinski definition) is 4. The number of hydrogen-bond acceptors (Lipinski definition) is 8. The first-order chi connectivity index (χ1) is 15.1. The van der Waals surface area contributed by atoms with Crippen LogP contribution < -0.4 is 9.64 Å². The third-order valence-electron chi connectivity index (χ3n) is 5.46. The second-order valence-electron chi connectivity index (χ2n) is 7.92. The number of furan rings is 1. The molecule has 0 spiro atoms. The highest BCUT2D eigenvalue weighted by molar-refractivity contribution is 5.51. The maximum absolute atomic E-state index is 10.8. The maximum atomic E-state index is 10.8. The van der Waals surface area contributed by atoms with E-state index in [4.69, 9.17) is 13.9 Å². The van der Waals surface area contributed by atoms with Crippen LogP contribution in [0.5, 0.6) is 5.75 Å². The van der Waals surface area contributed by atoms with Crippen molar-refractivity contribution in [1.82, 2.24) is 0 Å². The van der Waals surface area contributed by atoms with E-state index in [1.54, 1.807) is 12.5 Å². The van der Waals surface area contributed by atoms with Crippen LogP contribution in [0.2, 0.25) is 0 Å². The van der Waals surface area contributed by atoms with E-state index >= 15 is 0 Å². The minimum atomic E-state index is -1.37. The van der Waals surface area contributed by atoms with Gasteiger partial charge in [0.05, 0.1) is 31.8 Å². The molecule has 2 aromatic rings. The van der Waals surface area contributed by atoms with Gasteiger partial charge in [0.1, 0.15) is 24.1 Å². The molecule has 8 heteroatoms. The predicted molar refractivity (Wildman–Crippen MR) is 115 cm³/mol. The number of aliphatic hydroxyl groups is 4. The van der Waals surface area contributed by atoms with Crippen LogP contribution in [-0.2, 0) is 11.3 Å². The molecule has 2 bridgehead atoms. The highest BCUT2D eigenvalue weighted by Crippen LogP contribution is 2.25. The number of fused-ring (bicyclic) bond motifs is 2. The van der Waals surface area contributed by atoms with Gasteiger partial charge in [0.2, 0.25) is 0 Å². The molecular formula is C23H33NO7. The number of ether oxygens (including phenoxy) is 2. The Hall–Kier alpha value is -2.10. The van der Waals surface area contributed by atoms with Crippen molar-refractivity contribution in [3.05, 3.63) is 48.4 Å². The Bertz CT molecular complexity index is 754. The van der Waals surface area contributed by atoms with Crippen molar-refractivity contribution < 1.29 is 34.3 Å². The summed E-state index contributed by atoms with van der Waals surface area (Å²) in [5.74, 6) is 0.744. The number of β-amino-alcohol motifs (C(OH)–C–C–N with tert-alkyl or cyclic N) is 1. The molecule has 1 aromatic carbocycles. The zero-order valence-electron chi connectivity index (χ0n) is 17.7. The van der Waals surface area contributed by atoms with Crippen LogP contribution in [-0.4, -0.2) is 71.2 Å². The lowest BCUT2D eigenvalue weighted by molar-refractivity contribution is -0.141. The van der Waals surface area contributed by atoms with Crippen LogP contribution in [0.3, 0.4) is 0 Å². The fourth-order valence-corrected chi connectivity index (χ4v) is 3.70. The number of rotatable bonds is 4. The molecule has 172 valence electrons. The molecule has 0 saturated heterocycles. The van der Waals surface area contributed by atoms with E-state index in [-0.39, 0.29) is 6.54 Å². The predicted octanol–water partition coefficient (Wildman–Crippen LogP) is 1.70. The summed E-state index contributed by atoms with van der Waals surface area (Å²) in [6, 6.07) is 9.44. The molecule has 0 unspecified atom stereocenters. The van der Waals surface area contributed by atoms with Crippen molar-refractivity contribution in [2.24, 2.45) is 0 Å². The summed E-state index contributed by atoms with van der Waals surface area (Å²) in [7, 11) is 0. The third kappa shape index (κ3) is 6.95. The molecule has 4 N–H and O–H groups in total. The van der Waals surface area contributed by atoms with E-state index in [1.807, 2.05) is 35.2 Å². The zero-order valence-corrected chi connectivity index (χ0v) is 17.7. The second-order valence-corrected chi connectivity index (χ2v) is 7.92. The van der Waals surface area contributed by atoms with Crippen molar-refractivity contribution >= 4 is 5.69 Å². The molecule has 0 radical (unpaired) electrons. The van der Waals surface area contributed by atoms with Crippen LogP contribution >= 0.6 is 0 Å². The topological polar surface area (TPSA) is 116 Å². The van der Waals surface area contributed by atoms with Gasteiger partial charge in [0.15, 0.2) is 0 Å². The Morgan fingerprint density at radius 3 is 2.61 bits per heavy atom. The largest absolute Gasteiger partial charge is 0.494 e. The highest BCUT2D eigenvalue weighted by atomic mass is 16.5. The summed E-state index contributed by atoms with van der Waals surface area (Å²) < 4.78 is 16.7. The van der Waals surface area contributed by atoms with Crippen molar-refractivity contribution in [2.45, 2.75) is 56.6 Å². The van der Waals surface area contributed by atoms with Crippen molar-refractivity contribution in [3.63, 3.8) is 0 Å². The molecule has 4 atom stereocenters. The normalized spacial score (nSPS) is 25.0. The van der Waals surface area contributed by atoms with Gasteiger partial charge in [-0.25, -0.2) is 0 Å². The van der Waals surface area contributed by atoms with Crippen LogP contribution in [0.15, 0.2) is 47.3 Å². The fourth-order valence-electron chi connectivity index (χ4n) is 3.70. The van der Waals surface area contributed by atoms with Crippen molar-refractivity contribution in [1.29, 1.82) is 0 Å². The summed E-state index contributed by atoms with van der Waals surface area (Å²) in [4.78, 5) is 1.90. The molecule has 8 nitrogen and oxygen atoms in total. The molecule has 1 aliphatic heterocycles. The minimum absolute atomic E-state index is 0.0772. The van der Waals surface area contributed by atoms with E-state index in [9.17, 15) is 20.4 Å². The molecule has 0 aliphatic carbocycles. The van der Waals surface area contributed by atoms with Gasteiger partial charge < -0.3 is 39.2 Å². The smallest absolute Gasteiger partial charge is 0.121 e. The molecule has 0 saturated carbocycles. The Morgan fingerprint density at radius 1 is 1.06 bits per heavy atom. The van der Waals surface area contributed by atoms with Gasteiger partial charge in [-0.15, -0.1) is 0 Å². The summed E-state index contributed by atoms with van der Waals surface area (Å²) in [6.45, 7) is 0.890. The standard InChI is InChI=1S/C23H33NO7/c25-15-21(27)23-22(28)20(26)14-24(13-17-8-11-29-16-17)18-6-5-7-19(12-18)30-9-3-1-2-4-10-31-23/h5-8,11-12,16,20-23,25-28H,1-4,9-10,13-15H2/t20-,21-,22-,23-/m1/s1. The first-order valence-corrected chi connectivity index (χ1v) is 10.8. The fraction of sp³-hybridized carbons (Fsp3) is 0.565. The number of nitrogens with zero attached hydrogens (tertiary/aromatic N) is 1. The van der Waals surface area contributed by atoms with Gasteiger partial charge in [0.25, 0.3) is 0 Å². The molecule has 1 aromatic heterocycles. The van der Waals surface area contributed by atoms with E-state index in [0.717, 1.165) is 42.7 Å². The number of aliphatic hydroxyl groups excluding tert-OH is 4. The Labute approximate surface area is 182 Å². The lowest BCUT2D eigenvalue weighted by Gasteiger charge is -2.33. The number of anilines is 1. The quantitative estimate of drug-likeness (QED) is 0.574. The molecule has 2 heterocycles. The maximum Gasteiger partial charge on any atom is 0.121 e. The zero-order chi connectivity index (χ0) is 22.1. The molecule has 0 amide bonds. The van der Waals surface area contributed by atoms with E-state index in [2.05, 4.69) is 0 Å². The van der Waals surface area contributed by atoms with Gasteiger partial charge >= 0.3 is 0 Å². The lowest BCUT2D eigenvalue weighted by Crippen LogP contribution is -2.51. The van der Waals surface area contributed by atoms with Crippen LogP contribution in [0.4, 0.5) is 5.69 Å². The Morgan fingerprint density at radius 2 is 1.87 bits per heavy atom. The first kappa shape index (κ1) is 23.6. The van der Waals surface area contributed by atoms with E-state index < -0.39 is 31.0 Å². The average Bonchev–Trinajstić information content (AvgIpc) is 3.29. The van der Waals surface area contributed by atoms with E-state index in [0.29, 0.717) is 19.8 Å². The Balaban J connectivity index is 1.85. The van der Waals surface area contributed by atoms with Gasteiger partial charge in [-0.05, 0) is 37.5 Å². The molecule has 0 fully saturated rings. The van der Waals surface area contributed by atoms with Gasteiger partial charge in [-0.1, -0.05) is 12.5 Å². The summed E-state index contributed by atoms with van der Waals surface area (Å²) in [6.07, 6.45) is 1.78. The lowest BCUT2D eigenvalue weighted by atomic mass is 10.0. The van der Waals surface area contributed by atoms with Crippen LogP contribution in [0, 0.1) is 0 Å². The highest BCUT2D eigenvalue weighted by Gasteiger charge is 2.33. The molecular weight excluding hydrogens is 402 g/mol. The van der Waals surface area contributed by atoms with Gasteiger partial charge in [0, 0.05) is 37.0 Å². The molecule has 31 heavy (non-hydrogen) atoms. The Kier molecular flexibility index (Phi) is 9.17. The van der Waals surface area contributed by atoms with E-state index in [1.165, 1.54) is 0 Å². The average molecular weight is 436 g/mol. The summed E-state index contributed by atoms with van der Waals surface area (Å²) in [5.41, 5.74) is 1.72. The van der Waals surface area contributed by atoms with Crippen LogP contribution in [0.25, 0.3) is 0 Å². The third-order valence-corrected chi connectivity index (χ3v) is 5.46. The molecule has 3 rings (SSSR count). The SMILES string of the molecule is OC[C@@H](O)[C@H]1OCCCCCCOc2cccc(c2)N(Cc2ccoc2)C[C@@H](O)[C@H]1O. The minimum Gasteiger partial charge on any atom is -0.494 e. The summed E-state index contributed by atoms with van der Waals surface area (Å²) in [5, 5.41) is 41.1. The van der Waals surface area contributed by atoms with Crippen molar-refractivity contribution in [3.8, 4) is 5.75 Å². The second kappa shape index (κ2) is 12.1. The van der Waals surface area contributed by atoms with Crippen LogP contribution in [0.1, 0.15) is 31.2 Å². The molecule has 1 aliphatic rings. The monoisotopic (exact) mass is 435 g/mol. The van der Waals surface area contributed by atoms with Gasteiger partial charge in [-0.2, -0.15) is 0 Å². The number of benzene rings is 1. The van der Waals surface area contributed by atoms with Gasteiger partial charge in [-0.3, -0.25) is 0 Å².